The van der Waals surface area contributed by atoms with Crippen molar-refractivity contribution >= 4 is 5.78 Å². The predicted molar refractivity (Wildman–Crippen MR) is 76.6 cm³/mol. The lowest BCUT2D eigenvalue weighted by Gasteiger charge is -2.18. The summed E-state index contributed by atoms with van der Waals surface area (Å²) in [6.07, 6.45) is 11.6. The average molecular weight is 246 g/mol. The van der Waals surface area contributed by atoms with Crippen molar-refractivity contribution in [3.63, 3.8) is 0 Å². The summed E-state index contributed by atoms with van der Waals surface area (Å²) in [5.74, 6) is 0.424. The molecule has 18 heavy (non-hydrogen) atoms. The second-order valence-corrected chi connectivity index (χ2v) is 5.70. The summed E-state index contributed by atoms with van der Waals surface area (Å²) in [6, 6.07) is 0. The highest BCUT2D eigenvalue weighted by atomic mass is 16.1. The largest absolute Gasteiger partial charge is 0.294 e. The number of Topliss-reactive ketones (excluding diaryl/α,β-unsaturated/α-hetero) is 1. The molecule has 1 nitrogen and oxygen atoms in total. The van der Waals surface area contributed by atoms with Gasteiger partial charge < -0.3 is 0 Å². The molecule has 0 aromatic heterocycles. The van der Waals surface area contributed by atoms with Gasteiger partial charge in [0.2, 0.25) is 0 Å². The topological polar surface area (TPSA) is 17.1 Å². The fourth-order valence-electron chi connectivity index (χ4n) is 3.44. The van der Waals surface area contributed by atoms with Crippen molar-refractivity contribution < 1.29 is 4.79 Å². The number of hydrogen-bond donors (Lipinski definition) is 0. The summed E-state index contributed by atoms with van der Waals surface area (Å²) < 4.78 is 0. The standard InChI is InChI=1S/C17H26O/c1-3-8-14-15(9-4-2)17(18)12-16(14)13-10-6-5-7-11-13/h3-12H2,1-2H3. The molecule has 1 saturated carbocycles. The van der Waals surface area contributed by atoms with Crippen LogP contribution in [0.5, 0.6) is 0 Å². The second-order valence-electron chi connectivity index (χ2n) is 5.70. The Kier molecular flexibility index (Phi) is 4.79. The van der Waals surface area contributed by atoms with Crippen LogP contribution in [0.25, 0.3) is 0 Å². The van der Waals surface area contributed by atoms with Gasteiger partial charge in [-0.2, -0.15) is 0 Å². The number of hydrogen-bond acceptors (Lipinski definition) is 1. The quantitative estimate of drug-likeness (QED) is 0.673. The van der Waals surface area contributed by atoms with Gasteiger partial charge >= 0.3 is 0 Å². The van der Waals surface area contributed by atoms with Crippen molar-refractivity contribution in [2.75, 3.05) is 0 Å². The van der Waals surface area contributed by atoms with Crippen molar-refractivity contribution in [2.45, 2.75) is 78.1 Å². The number of carbonyl (C=O) groups excluding carboxylic acids is 1. The molecule has 0 unspecified atom stereocenters. The maximum Gasteiger partial charge on any atom is 0.163 e. The van der Waals surface area contributed by atoms with Crippen LogP contribution in [0.15, 0.2) is 22.3 Å². The lowest BCUT2D eigenvalue weighted by molar-refractivity contribution is -0.114. The highest BCUT2D eigenvalue weighted by Gasteiger charge is 2.28. The van der Waals surface area contributed by atoms with Crippen LogP contribution in [0.1, 0.15) is 78.1 Å². The molecule has 2 rings (SSSR count). The molecule has 0 heterocycles. The number of rotatable bonds is 4. The van der Waals surface area contributed by atoms with E-state index in [4.69, 9.17) is 0 Å². The smallest absolute Gasteiger partial charge is 0.163 e. The summed E-state index contributed by atoms with van der Waals surface area (Å²) >= 11 is 0. The van der Waals surface area contributed by atoms with Gasteiger partial charge in [-0.15, -0.1) is 0 Å². The summed E-state index contributed by atoms with van der Waals surface area (Å²) in [5, 5.41) is 0. The van der Waals surface area contributed by atoms with Crippen LogP contribution in [-0.2, 0) is 4.79 Å². The summed E-state index contributed by atoms with van der Waals surface area (Å²) in [4.78, 5) is 12.2. The first-order chi connectivity index (χ1) is 8.77. The van der Waals surface area contributed by atoms with E-state index in [0.717, 1.165) is 32.1 Å². The lowest BCUT2D eigenvalue weighted by atomic mass is 9.87. The highest BCUT2D eigenvalue weighted by Crippen LogP contribution is 2.39. The van der Waals surface area contributed by atoms with E-state index in [9.17, 15) is 4.79 Å². The van der Waals surface area contributed by atoms with E-state index in [-0.39, 0.29) is 0 Å². The molecule has 0 aromatic carbocycles. The fraction of sp³-hybridized carbons (Fsp3) is 0.706. The van der Waals surface area contributed by atoms with Crippen molar-refractivity contribution in [3.05, 3.63) is 22.3 Å². The van der Waals surface area contributed by atoms with E-state index in [2.05, 4.69) is 13.8 Å². The second kappa shape index (κ2) is 6.36. The molecule has 0 bridgehead atoms. The zero-order valence-electron chi connectivity index (χ0n) is 12.0. The molecule has 0 radical (unpaired) electrons. The van der Waals surface area contributed by atoms with Crippen LogP contribution < -0.4 is 0 Å². The van der Waals surface area contributed by atoms with E-state index in [1.54, 1.807) is 5.57 Å². The summed E-state index contributed by atoms with van der Waals surface area (Å²) in [6.45, 7) is 4.40. The number of allylic oxidation sites excluding steroid dienone is 4. The van der Waals surface area contributed by atoms with Crippen molar-refractivity contribution in [2.24, 2.45) is 0 Å². The van der Waals surface area contributed by atoms with Gasteiger partial charge in [0, 0.05) is 6.42 Å². The zero-order valence-corrected chi connectivity index (χ0v) is 12.0. The van der Waals surface area contributed by atoms with Gasteiger partial charge in [-0.3, -0.25) is 4.79 Å². The Morgan fingerprint density at radius 1 is 0.889 bits per heavy atom. The third-order valence-electron chi connectivity index (χ3n) is 4.29. The van der Waals surface area contributed by atoms with E-state index in [0.29, 0.717) is 5.78 Å². The minimum Gasteiger partial charge on any atom is -0.294 e. The molecule has 0 N–H and O–H groups in total. The van der Waals surface area contributed by atoms with E-state index in [1.807, 2.05) is 0 Å². The molecule has 1 fully saturated rings. The lowest BCUT2D eigenvalue weighted by Crippen LogP contribution is -2.00. The Balaban J connectivity index is 2.33. The molecule has 0 amide bonds. The van der Waals surface area contributed by atoms with Gasteiger partial charge in [-0.05, 0) is 55.2 Å². The summed E-state index contributed by atoms with van der Waals surface area (Å²) in [5.41, 5.74) is 5.70. The predicted octanol–water partition coefficient (Wildman–Crippen LogP) is 5.12. The third kappa shape index (κ3) is 2.76. The van der Waals surface area contributed by atoms with Gasteiger partial charge in [0.05, 0.1) is 0 Å². The Bertz CT molecular complexity index is 376. The van der Waals surface area contributed by atoms with Crippen molar-refractivity contribution in [3.8, 4) is 0 Å². The minimum atomic E-state index is 0.424. The maximum atomic E-state index is 12.2. The van der Waals surface area contributed by atoms with Crippen molar-refractivity contribution in [1.82, 2.24) is 0 Å². The van der Waals surface area contributed by atoms with Crippen LogP contribution >= 0.6 is 0 Å². The monoisotopic (exact) mass is 246 g/mol. The van der Waals surface area contributed by atoms with Crippen LogP contribution in [0, 0.1) is 0 Å². The molecule has 0 saturated heterocycles. The Hall–Kier alpha value is -0.850. The van der Waals surface area contributed by atoms with Gasteiger partial charge in [-0.1, -0.05) is 38.7 Å². The normalized spacial score (nSPS) is 21.1. The van der Waals surface area contributed by atoms with Gasteiger partial charge in [0.15, 0.2) is 5.78 Å². The van der Waals surface area contributed by atoms with Gasteiger partial charge in [-0.25, -0.2) is 0 Å². The molecule has 0 aromatic rings. The summed E-state index contributed by atoms with van der Waals surface area (Å²) in [7, 11) is 0. The maximum absolute atomic E-state index is 12.2. The average Bonchev–Trinajstić information content (AvgIpc) is 2.70. The third-order valence-corrected chi connectivity index (χ3v) is 4.29. The first kappa shape index (κ1) is 13.6. The number of carbonyl (C=O) groups is 1. The molecule has 100 valence electrons. The molecule has 2 aliphatic rings. The first-order valence-corrected chi connectivity index (χ1v) is 7.74. The van der Waals surface area contributed by atoms with Crippen LogP contribution in [0.4, 0.5) is 0 Å². The van der Waals surface area contributed by atoms with Gasteiger partial charge in [0.1, 0.15) is 0 Å². The van der Waals surface area contributed by atoms with E-state index >= 15 is 0 Å². The molecular formula is C17H26O. The molecule has 2 aliphatic carbocycles. The minimum absolute atomic E-state index is 0.424. The zero-order chi connectivity index (χ0) is 13.0. The Labute approximate surface area is 111 Å². The fourth-order valence-corrected chi connectivity index (χ4v) is 3.44. The first-order valence-electron chi connectivity index (χ1n) is 7.74. The van der Waals surface area contributed by atoms with Crippen LogP contribution in [-0.4, -0.2) is 5.78 Å². The number of ketones is 1. The Morgan fingerprint density at radius 2 is 1.50 bits per heavy atom. The SMILES string of the molecule is CCCC1=C(CCC)C(=C2CCCCC2)CC1=O. The molecule has 0 aliphatic heterocycles. The molecule has 0 atom stereocenters. The Morgan fingerprint density at radius 3 is 2.11 bits per heavy atom. The van der Waals surface area contributed by atoms with E-state index < -0.39 is 0 Å². The van der Waals surface area contributed by atoms with Crippen molar-refractivity contribution in [1.29, 1.82) is 0 Å². The van der Waals surface area contributed by atoms with E-state index in [1.165, 1.54) is 48.8 Å². The van der Waals surface area contributed by atoms with Crippen LogP contribution in [0.2, 0.25) is 0 Å². The molecule has 1 heteroatoms. The van der Waals surface area contributed by atoms with Gasteiger partial charge in [0.25, 0.3) is 0 Å². The highest BCUT2D eigenvalue weighted by molar-refractivity contribution is 6.02. The molecular weight excluding hydrogens is 220 g/mol. The molecule has 0 spiro atoms. The van der Waals surface area contributed by atoms with Crippen LogP contribution in [0.3, 0.4) is 0 Å².